The zero-order valence-corrected chi connectivity index (χ0v) is 24.6. The number of nitrogens with one attached hydrogen (secondary N) is 2. The van der Waals surface area contributed by atoms with E-state index in [1.54, 1.807) is 32.9 Å². The summed E-state index contributed by atoms with van der Waals surface area (Å²) in [7, 11) is 0. The minimum absolute atomic E-state index is 0.0298. The second-order valence-electron chi connectivity index (χ2n) is 11.6. The normalized spacial score (nSPS) is 18.5. The van der Waals surface area contributed by atoms with Crippen LogP contribution in [-0.2, 0) is 15.7 Å². The number of likely N-dealkylation sites (tertiary alicyclic amines) is 1. The molecule has 234 valence electrons. The Kier molecular flexibility index (Phi) is 8.17. The van der Waals surface area contributed by atoms with E-state index in [1.807, 2.05) is 0 Å². The largest absolute Gasteiger partial charge is 0.444 e. The highest BCUT2D eigenvalue weighted by Gasteiger charge is 2.41. The number of ether oxygens (including phenoxy) is 1. The van der Waals surface area contributed by atoms with Crippen LogP contribution in [-0.4, -0.2) is 35.0 Å². The van der Waals surface area contributed by atoms with Crippen molar-refractivity contribution in [2.24, 2.45) is 5.92 Å². The number of benzene rings is 3. The highest BCUT2D eigenvalue weighted by Crippen LogP contribution is 2.39. The predicted molar refractivity (Wildman–Crippen MR) is 159 cm³/mol. The lowest BCUT2D eigenvalue weighted by Crippen LogP contribution is -2.46. The van der Waals surface area contributed by atoms with E-state index in [1.165, 1.54) is 42.2 Å². The van der Waals surface area contributed by atoms with Gasteiger partial charge in [-0.1, -0.05) is 30.3 Å². The minimum atomic E-state index is -4.66. The number of anilines is 2. The number of hydrogen-bond acceptors (Lipinski definition) is 4. The fourth-order valence-electron chi connectivity index (χ4n) is 5.22. The van der Waals surface area contributed by atoms with E-state index in [-0.39, 0.29) is 30.6 Å². The van der Waals surface area contributed by atoms with Gasteiger partial charge in [0.1, 0.15) is 11.4 Å². The third kappa shape index (κ3) is 7.56. The summed E-state index contributed by atoms with van der Waals surface area (Å²) in [5.41, 5.74) is -2.25. The second-order valence-corrected chi connectivity index (χ2v) is 11.6. The molecule has 4 rings (SSSR count). The van der Waals surface area contributed by atoms with Crippen molar-refractivity contribution in [3.8, 4) is 0 Å². The molecule has 1 heterocycles. The van der Waals surface area contributed by atoms with Gasteiger partial charge in [-0.05, 0) is 94.4 Å². The summed E-state index contributed by atoms with van der Waals surface area (Å²) in [5.74, 6) is -3.73. The van der Waals surface area contributed by atoms with Crippen LogP contribution in [0, 0.1) is 25.5 Å². The maximum Gasteiger partial charge on any atom is 0.416 e. The Morgan fingerprint density at radius 3 is 2.27 bits per heavy atom. The molecule has 1 aliphatic rings. The van der Waals surface area contributed by atoms with E-state index >= 15 is 4.39 Å². The van der Waals surface area contributed by atoms with Crippen LogP contribution in [0.4, 0.5) is 33.7 Å². The summed E-state index contributed by atoms with van der Waals surface area (Å²) in [4.78, 5) is 41.3. The molecule has 3 amide bonds. The number of halogens is 4. The first-order chi connectivity index (χ1) is 21.8. The molecular formula is C33H35F4N3O4. The van der Waals surface area contributed by atoms with Crippen molar-refractivity contribution in [1.29, 1.82) is 0 Å². The predicted octanol–water partition coefficient (Wildman–Crippen LogP) is 8.04. The lowest BCUT2D eigenvalue weighted by molar-refractivity contribution is -0.138. The van der Waals surface area contributed by atoms with Gasteiger partial charge in [0.05, 0.1) is 23.1 Å². The van der Waals surface area contributed by atoms with E-state index in [0.717, 1.165) is 18.2 Å². The zero-order chi connectivity index (χ0) is 34.9. The van der Waals surface area contributed by atoms with Gasteiger partial charge in [0.25, 0.3) is 5.91 Å². The molecule has 0 saturated carbocycles. The lowest BCUT2D eigenvalue weighted by atomic mass is 9.83. The molecule has 0 aliphatic carbocycles. The molecule has 1 saturated heterocycles. The van der Waals surface area contributed by atoms with E-state index < -0.39 is 71.0 Å². The van der Waals surface area contributed by atoms with E-state index in [0.29, 0.717) is 11.3 Å². The van der Waals surface area contributed by atoms with Crippen LogP contribution in [0.1, 0.15) is 76.4 Å². The first-order valence-corrected chi connectivity index (χ1v) is 13.9. The molecule has 7 nitrogen and oxygen atoms in total. The number of amides is 3. The smallest absolute Gasteiger partial charge is 0.416 e. The van der Waals surface area contributed by atoms with Crippen LogP contribution >= 0.6 is 0 Å². The van der Waals surface area contributed by atoms with Gasteiger partial charge in [-0.15, -0.1) is 0 Å². The molecule has 0 radical (unpaired) electrons. The van der Waals surface area contributed by atoms with Crippen molar-refractivity contribution in [3.05, 3.63) is 94.3 Å². The molecule has 2 N–H and O–H groups in total. The molecule has 1 aliphatic heterocycles. The summed E-state index contributed by atoms with van der Waals surface area (Å²) in [6.07, 6.45) is -4.90. The lowest BCUT2D eigenvalue weighted by Gasteiger charge is -2.41. The number of aryl methyl sites for hydroxylation is 2. The summed E-state index contributed by atoms with van der Waals surface area (Å²) >= 11 is 0. The highest BCUT2D eigenvalue weighted by molar-refractivity contribution is 5.98. The summed E-state index contributed by atoms with van der Waals surface area (Å²) in [6.45, 7) is 3.59. The molecule has 2 atom stereocenters. The standard InChI is InChI=1S/C33H35F4N3O4/c1-19-11-14-23(18-25(19)33(35,36)37)38-29(41)24-9-7-17-40(30(42)27-20(2)8-6-10-26(27)34)28(24)21-12-15-22(16-13-21)39-31(43)44-32(3,4)5/h6,8,10-16,18,24,28H,7,9,17H2,1-5H3,(H,38,41)(H,39,43)/t24-,28-/m0/s1/i2D3. The molecule has 0 spiro atoms. The maximum atomic E-state index is 15.2. The van der Waals surface area contributed by atoms with Crippen molar-refractivity contribution < 1.29 is 40.8 Å². The van der Waals surface area contributed by atoms with Crippen molar-refractivity contribution in [2.75, 3.05) is 17.2 Å². The van der Waals surface area contributed by atoms with Gasteiger partial charge in [-0.2, -0.15) is 13.2 Å². The van der Waals surface area contributed by atoms with Gasteiger partial charge < -0.3 is 15.0 Å². The molecule has 11 heteroatoms. The average Bonchev–Trinajstić information content (AvgIpc) is 2.95. The number of piperidine rings is 1. The van der Waals surface area contributed by atoms with Gasteiger partial charge >= 0.3 is 12.3 Å². The van der Waals surface area contributed by atoms with Gasteiger partial charge in [-0.3, -0.25) is 14.9 Å². The van der Waals surface area contributed by atoms with Crippen LogP contribution in [0.5, 0.6) is 0 Å². The van der Waals surface area contributed by atoms with Gasteiger partial charge in [0.2, 0.25) is 5.91 Å². The van der Waals surface area contributed by atoms with Gasteiger partial charge in [0.15, 0.2) is 0 Å². The topological polar surface area (TPSA) is 87.7 Å². The molecule has 0 bridgehead atoms. The number of carbonyl (C=O) groups excluding carboxylic acids is 3. The Hall–Kier alpha value is -4.41. The number of nitrogens with zero attached hydrogens (tertiary/aromatic N) is 1. The summed E-state index contributed by atoms with van der Waals surface area (Å²) < 4.78 is 84.9. The highest BCUT2D eigenvalue weighted by atomic mass is 19.4. The third-order valence-electron chi connectivity index (χ3n) is 7.16. The van der Waals surface area contributed by atoms with E-state index in [4.69, 9.17) is 8.85 Å². The van der Waals surface area contributed by atoms with Crippen LogP contribution in [0.2, 0.25) is 0 Å². The number of alkyl halides is 3. The monoisotopic (exact) mass is 616 g/mol. The third-order valence-corrected chi connectivity index (χ3v) is 7.16. The Labute approximate surface area is 257 Å². The summed E-state index contributed by atoms with van der Waals surface area (Å²) in [6, 6.07) is 11.7. The molecule has 0 aromatic heterocycles. The van der Waals surface area contributed by atoms with Crippen molar-refractivity contribution in [3.63, 3.8) is 0 Å². The fraction of sp³-hybridized carbons (Fsp3) is 0.364. The van der Waals surface area contributed by atoms with E-state index in [9.17, 15) is 27.6 Å². The Balaban J connectivity index is 1.74. The van der Waals surface area contributed by atoms with Crippen LogP contribution in [0.15, 0.2) is 60.7 Å². The average molecular weight is 617 g/mol. The number of hydrogen-bond donors (Lipinski definition) is 2. The van der Waals surface area contributed by atoms with Crippen molar-refractivity contribution >= 4 is 29.3 Å². The maximum absolute atomic E-state index is 15.2. The molecular weight excluding hydrogens is 578 g/mol. The second kappa shape index (κ2) is 12.7. The number of carbonyl (C=O) groups is 3. The van der Waals surface area contributed by atoms with Crippen molar-refractivity contribution in [1.82, 2.24) is 4.90 Å². The molecule has 0 unspecified atom stereocenters. The van der Waals surface area contributed by atoms with Gasteiger partial charge in [-0.25, -0.2) is 9.18 Å². The Morgan fingerprint density at radius 2 is 1.64 bits per heavy atom. The first-order valence-electron chi connectivity index (χ1n) is 15.4. The molecule has 3 aromatic carbocycles. The van der Waals surface area contributed by atoms with Crippen LogP contribution < -0.4 is 10.6 Å². The molecule has 1 fully saturated rings. The molecule has 3 aromatic rings. The Bertz CT molecular complexity index is 1650. The van der Waals surface area contributed by atoms with E-state index in [2.05, 4.69) is 10.6 Å². The first kappa shape index (κ1) is 28.4. The SMILES string of the molecule is [2H]C([2H])([2H])c1cccc(F)c1C(=O)N1CCC[C@H](C(=O)Nc2ccc(C)c(C(F)(F)F)c2)[C@@H]1c1ccc(NC(=O)OC(C)(C)C)cc1. The Morgan fingerprint density at radius 1 is 0.955 bits per heavy atom. The summed E-state index contributed by atoms with van der Waals surface area (Å²) in [5, 5.41) is 5.13. The quantitative estimate of drug-likeness (QED) is 0.284. The number of rotatable bonds is 5. The zero-order valence-electron chi connectivity index (χ0n) is 27.6. The van der Waals surface area contributed by atoms with Crippen molar-refractivity contribution in [2.45, 2.75) is 65.2 Å². The van der Waals surface area contributed by atoms with Crippen LogP contribution in [0.3, 0.4) is 0 Å². The molecule has 44 heavy (non-hydrogen) atoms. The fourth-order valence-corrected chi connectivity index (χ4v) is 5.22. The van der Waals surface area contributed by atoms with Gasteiger partial charge in [0, 0.05) is 22.0 Å². The minimum Gasteiger partial charge on any atom is -0.444 e. The van der Waals surface area contributed by atoms with Crippen LogP contribution in [0.25, 0.3) is 0 Å².